The monoisotopic (exact) mass is 370 g/mol. The lowest BCUT2D eigenvalue weighted by Crippen LogP contribution is -2.29. The van der Waals surface area contributed by atoms with Gasteiger partial charge in [-0.05, 0) is 55.9 Å². The molecule has 5 heteroatoms. The third kappa shape index (κ3) is 3.11. The smallest absolute Gasteiger partial charge is 0.264 e. The fourth-order valence-electron chi connectivity index (χ4n) is 3.40. The number of hydrogen-bond donors (Lipinski definition) is 0. The molecule has 0 radical (unpaired) electrons. The number of hydrogen-bond acceptors (Lipinski definition) is 4. The molecular weight excluding hydrogens is 348 g/mol. The first kappa shape index (κ1) is 16.7. The third-order valence-electron chi connectivity index (χ3n) is 5.11. The van der Waals surface area contributed by atoms with Crippen molar-refractivity contribution in [2.24, 2.45) is 5.92 Å². The summed E-state index contributed by atoms with van der Waals surface area (Å²) in [4.78, 5) is 21.8. The van der Waals surface area contributed by atoms with Crippen LogP contribution in [0.15, 0.2) is 30.3 Å². The average Bonchev–Trinajstić information content (AvgIpc) is 3.23. The van der Waals surface area contributed by atoms with Crippen molar-refractivity contribution in [1.82, 2.24) is 9.88 Å². The van der Waals surface area contributed by atoms with E-state index in [0.29, 0.717) is 0 Å². The molecule has 2 atom stereocenters. The number of thiazole rings is 1. The highest BCUT2D eigenvalue weighted by atomic mass is 32.1. The number of carbonyl (C=O) groups excluding carboxylic acids is 1. The van der Waals surface area contributed by atoms with Crippen molar-refractivity contribution in [2.45, 2.75) is 39.2 Å². The van der Waals surface area contributed by atoms with Gasteiger partial charge in [-0.2, -0.15) is 0 Å². The fourth-order valence-corrected chi connectivity index (χ4v) is 5.65. The molecular formula is C20H22N2OS2. The Kier molecular flexibility index (Phi) is 4.38. The minimum Gasteiger partial charge on any atom is -0.332 e. The number of amides is 1. The summed E-state index contributed by atoms with van der Waals surface area (Å²) in [5.41, 5.74) is 2.39. The van der Waals surface area contributed by atoms with Crippen LogP contribution in [0.2, 0.25) is 0 Å². The molecule has 0 saturated heterocycles. The van der Waals surface area contributed by atoms with Gasteiger partial charge in [0.1, 0.15) is 5.01 Å². The van der Waals surface area contributed by atoms with Gasteiger partial charge in [0.15, 0.2) is 0 Å². The number of para-hydroxylation sites is 1. The highest BCUT2D eigenvalue weighted by Crippen LogP contribution is 2.34. The van der Waals surface area contributed by atoms with Gasteiger partial charge < -0.3 is 4.90 Å². The van der Waals surface area contributed by atoms with E-state index in [1.54, 1.807) is 22.7 Å². The first-order chi connectivity index (χ1) is 12.0. The summed E-state index contributed by atoms with van der Waals surface area (Å²) in [5.74, 6) is 0.836. The SMILES string of the molecule is C[C@H]1CCc2sc(C(=O)N(C)[C@@H](C)c3nc4ccccc4s3)cc2C1. The fraction of sp³-hybridized carbons (Fsp3) is 0.400. The highest BCUT2D eigenvalue weighted by Gasteiger charge is 2.26. The molecule has 0 fully saturated rings. The number of benzene rings is 1. The Bertz CT molecular complexity index is 894. The van der Waals surface area contributed by atoms with Gasteiger partial charge >= 0.3 is 0 Å². The molecule has 0 bridgehead atoms. The number of aryl methyl sites for hydroxylation is 1. The quantitative estimate of drug-likeness (QED) is 0.625. The average molecular weight is 371 g/mol. The van der Waals surface area contributed by atoms with E-state index in [1.807, 2.05) is 30.1 Å². The van der Waals surface area contributed by atoms with E-state index >= 15 is 0 Å². The molecule has 4 rings (SSSR count). The van der Waals surface area contributed by atoms with Crippen LogP contribution in [0.5, 0.6) is 0 Å². The Labute approximate surface area is 156 Å². The van der Waals surface area contributed by atoms with Crippen molar-refractivity contribution in [3.8, 4) is 0 Å². The summed E-state index contributed by atoms with van der Waals surface area (Å²) in [6.45, 7) is 4.36. The molecule has 1 aromatic carbocycles. The molecule has 1 aliphatic carbocycles. The van der Waals surface area contributed by atoms with Crippen LogP contribution in [0.25, 0.3) is 10.2 Å². The second-order valence-electron chi connectivity index (χ2n) is 7.02. The predicted molar refractivity (Wildman–Crippen MR) is 106 cm³/mol. The van der Waals surface area contributed by atoms with Crippen molar-refractivity contribution < 1.29 is 4.79 Å². The van der Waals surface area contributed by atoms with Crippen LogP contribution in [0.3, 0.4) is 0 Å². The minimum atomic E-state index is -0.0250. The summed E-state index contributed by atoms with van der Waals surface area (Å²) in [6, 6.07) is 10.2. The first-order valence-corrected chi connectivity index (χ1v) is 10.4. The zero-order valence-electron chi connectivity index (χ0n) is 14.8. The number of aromatic nitrogens is 1. The molecule has 1 aliphatic rings. The van der Waals surface area contributed by atoms with Gasteiger partial charge in [0.2, 0.25) is 0 Å². The largest absolute Gasteiger partial charge is 0.332 e. The number of thiophene rings is 1. The van der Waals surface area contributed by atoms with Gasteiger partial charge in [0, 0.05) is 11.9 Å². The maximum atomic E-state index is 13.0. The number of rotatable bonds is 3. The second kappa shape index (κ2) is 6.54. The highest BCUT2D eigenvalue weighted by molar-refractivity contribution is 7.18. The van der Waals surface area contributed by atoms with Gasteiger partial charge in [0.05, 0.1) is 21.1 Å². The third-order valence-corrected chi connectivity index (χ3v) is 7.54. The van der Waals surface area contributed by atoms with E-state index in [0.717, 1.165) is 34.2 Å². The maximum absolute atomic E-state index is 13.0. The van der Waals surface area contributed by atoms with E-state index in [-0.39, 0.29) is 11.9 Å². The molecule has 0 unspecified atom stereocenters. The first-order valence-electron chi connectivity index (χ1n) is 8.77. The minimum absolute atomic E-state index is 0.0250. The number of nitrogens with zero attached hydrogens (tertiary/aromatic N) is 2. The predicted octanol–water partition coefficient (Wildman–Crippen LogP) is 5.32. The van der Waals surface area contributed by atoms with E-state index in [4.69, 9.17) is 4.98 Å². The Balaban J connectivity index is 1.57. The Morgan fingerprint density at radius 1 is 1.32 bits per heavy atom. The number of carbonyl (C=O) groups is 1. The molecule has 130 valence electrons. The van der Waals surface area contributed by atoms with Crippen molar-refractivity contribution in [3.05, 3.63) is 50.7 Å². The van der Waals surface area contributed by atoms with E-state index in [1.165, 1.54) is 21.6 Å². The van der Waals surface area contributed by atoms with Gasteiger partial charge in [-0.3, -0.25) is 4.79 Å². The molecule has 0 N–H and O–H groups in total. The van der Waals surface area contributed by atoms with Gasteiger partial charge in [-0.25, -0.2) is 4.98 Å². The van der Waals surface area contributed by atoms with Crippen molar-refractivity contribution in [3.63, 3.8) is 0 Å². The van der Waals surface area contributed by atoms with Crippen molar-refractivity contribution in [1.29, 1.82) is 0 Å². The van der Waals surface area contributed by atoms with Crippen LogP contribution in [-0.4, -0.2) is 22.8 Å². The topological polar surface area (TPSA) is 33.2 Å². The summed E-state index contributed by atoms with van der Waals surface area (Å²) >= 11 is 3.36. The van der Waals surface area contributed by atoms with Gasteiger partial charge in [-0.1, -0.05) is 19.1 Å². The maximum Gasteiger partial charge on any atom is 0.264 e. The molecule has 3 nitrogen and oxygen atoms in total. The molecule has 3 aromatic rings. The van der Waals surface area contributed by atoms with Gasteiger partial charge in [-0.15, -0.1) is 22.7 Å². The Hall–Kier alpha value is -1.72. The van der Waals surface area contributed by atoms with Crippen LogP contribution < -0.4 is 0 Å². The van der Waals surface area contributed by atoms with Crippen molar-refractivity contribution >= 4 is 38.8 Å². The van der Waals surface area contributed by atoms with Crippen LogP contribution in [0, 0.1) is 5.92 Å². The van der Waals surface area contributed by atoms with Crippen LogP contribution in [-0.2, 0) is 12.8 Å². The molecule has 0 aliphatic heterocycles. The normalized spacial score (nSPS) is 18.1. The van der Waals surface area contributed by atoms with Crippen LogP contribution in [0.4, 0.5) is 0 Å². The molecule has 2 heterocycles. The molecule has 2 aromatic heterocycles. The van der Waals surface area contributed by atoms with Crippen LogP contribution in [0.1, 0.15) is 51.4 Å². The molecule has 1 amide bonds. The van der Waals surface area contributed by atoms with Gasteiger partial charge in [0.25, 0.3) is 5.91 Å². The number of fused-ring (bicyclic) bond motifs is 2. The van der Waals surface area contributed by atoms with Crippen LogP contribution >= 0.6 is 22.7 Å². The lowest BCUT2D eigenvalue weighted by Gasteiger charge is -2.22. The van der Waals surface area contributed by atoms with Crippen molar-refractivity contribution in [2.75, 3.05) is 7.05 Å². The van der Waals surface area contributed by atoms with E-state index in [2.05, 4.69) is 26.0 Å². The Morgan fingerprint density at radius 3 is 2.92 bits per heavy atom. The summed E-state index contributed by atoms with van der Waals surface area (Å²) in [5, 5.41) is 0.993. The zero-order valence-corrected chi connectivity index (χ0v) is 16.4. The lowest BCUT2D eigenvalue weighted by atomic mass is 9.90. The molecule has 25 heavy (non-hydrogen) atoms. The summed E-state index contributed by atoms with van der Waals surface area (Å²) < 4.78 is 1.17. The van der Waals surface area contributed by atoms with E-state index < -0.39 is 0 Å². The molecule has 0 spiro atoms. The lowest BCUT2D eigenvalue weighted by molar-refractivity contribution is 0.0747. The molecule has 0 saturated carbocycles. The summed E-state index contributed by atoms with van der Waals surface area (Å²) in [6.07, 6.45) is 3.46. The van der Waals surface area contributed by atoms with E-state index in [9.17, 15) is 4.79 Å². The summed E-state index contributed by atoms with van der Waals surface area (Å²) in [7, 11) is 1.89. The Morgan fingerprint density at radius 2 is 2.12 bits per heavy atom. The second-order valence-corrected chi connectivity index (χ2v) is 9.22. The standard InChI is InChI=1S/C20H22N2OS2/c1-12-8-9-16-14(10-12)11-18(24-16)20(23)22(3)13(2)19-21-15-6-4-5-7-17(15)25-19/h4-7,11-13H,8-10H2,1-3H3/t12-,13-/m0/s1. The zero-order chi connectivity index (χ0) is 17.6.